The van der Waals surface area contributed by atoms with Gasteiger partial charge in [-0.1, -0.05) is 23.8 Å². The van der Waals surface area contributed by atoms with Crippen molar-refractivity contribution in [3.63, 3.8) is 0 Å². The monoisotopic (exact) mass is 393 g/mol. The summed E-state index contributed by atoms with van der Waals surface area (Å²) in [6.45, 7) is 3.19. The van der Waals surface area contributed by atoms with Crippen molar-refractivity contribution in [2.24, 2.45) is 0 Å². The van der Waals surface area contributed by atoms with Gasteiger partial charge in [-0.15, -0.1) is 0 Å². The number of para-hydroxylation sites is 2. The van der Waals surface area contributed by atoms with Gasteiger partial charge in [0.2, 0.25) is 5.91 Å². The molecule has 150 valence electrons. The second kappa shape index (κ2) is 7.58. The lowest BCUT2D eigenvalue weighted by molar-refractivity contribution is -0.130. The Morgan fingerprint density at radius 3 is 2.52 bits per heavy atom. The molecule has 1 fully saturated rings. The van der Waals surface area contributed by atoms with E-state index in [1.807, 2.05) is 13.0 Å². The van der Waals surface area contributed by atoms with E-state index in [4.69, 9.17) is 4.74 Å². The molecule has 1 aromatic heterocycles. The summed E-state index contributed by atoms with van der Waals surface area (Å²) >= 11 is 0. The van der Waals surface area contributed by atoms with Gasteiger partial charge in [0.25, 0.3) is 5.56 Å². The molecular formula is C22H23N3O4. The number of carbonyl (C=O) groups excluding carboxylic acids is 1. The predicted molar refractivity (Wildman–Crippen MR) is 111 cm³/mol. The molecule has 2 heterocycles. The molecule has 0 saturated carbocycles. The number of aryl methyl sites for hydroxylation is 1. The molecule has 0 radical (unpaired) electrons. The van der Waals surface area contributed by atoms with Crippen LogP contribution >= 0.6 is 0 Å². The Morgan fingerprint density at radius 1 is 1.07 bits per heavy atom. The zero-order chi connectivity index (χ0) is 20.5. The van der Waals surface area contributed by atoms with Gasteiger partial charge in [-0.25, -0.2) is 9.36 Å². The van der Waals surface area contributed by atoms with E-state index < -0.39 is 11.2 Å². The standard InChI is InChI=1S/C22H23N3O4/c1-15-9-10-17-16(13-15)21(27)25(18-7-3-4-8-19(18)29-2)22(28)24(17)14-20(26)23-11-5-6-12-23/h3-4,7-10,13H,5-6,11-12,14H2,1-2H3. The molecule has 0 spiro atoms. The van der Waals surface area contributed by atoms with Crippen LogP contribution in [-0.4, -0.2) is 40.1 Å². The van der Waals surface area contributed by atoms with Crippen LogP contribution in [0.1, 0.15) is 18.4 Å². The number of methoxy groups -OCH3 is 1. The highest BCUT2D eigenvalue weighted by atomic mass is 16.5. The fourth-order valence-corrected chi connectivity index (χ4v) is 3.87. The van der Waals surface area contributed by atoms with Gasteiger partial charge in [0, 0.05) is 13.1 Å². The van der Waals surface area contributed by atoms with Crippen LogP contribution < -0.4 is 16.0 Å². The molecule has 1 aliphatic rings. The third-order valence-electron chi connectivity index (χ3n) is 5.38. The number of carbonyl (C=O) groups is 1. The van der Waals surface area contributed by atoms with Crippen LogP contribution in [0.15, 0.2) is 52.1 Å². The lowest BCUT2D eigenvalue weighted by Gasteiger charge is -2.19. The summed E-state index contributed by atoms with van der Waals surface area (Å²) in [5.74, 6) is 0.299. The molecule has 7 heteroatoms. The summed E-state index contributed by atoms with van der Waals surface area (Å²) in [6.07, 6.45) is 1.95. The van der Waals surface area contributed by atoms with Crippen molar-refractivity contribution in [2.45, 2.75) is 26.3 Å². The quantitative estimate of drug-likeness (QED) is 0.680. The van der Waals surface area contributed by atoms with Crippen LogP contribution in [0.25, 0.3) is 16.6 Å². The van der Waals surface area contributed by atoms with Crippen LogP contribution in [-0.2, 0) is 11.3 Å². The zero-order valence-electron chi connectivity index (χ0n) is 16.6. The summed E-state index contributed by atoms with van der Waals surface area (Å²) in [6, 6.07) is 12.2. The van der Waals surface area contributed by atoms with Gasteiger partial charge >= 0.3 is 5.69 Å². The van der Waals surface area contributed by atoms with E-state index in [1.54, 1.807) is 41.3 Å². The van der Waals surface area contributed by atoms with E-state index in [1.165, 1.54) is 11.7 Å². The molecule has 0 aliphatic carbocycles. The second-order valence-electron chi connectivity index (χ2n) is 7.29. The van der Waals surface area contributed by atoms with Crippen molar-refractivity contribution < 1.29 is 9.53 Å². The zero-order valence-corrected chi connectivity index (χ0v) is 16.6. The number of aromatic nitrogens is 2. The molecule has 0 atom stereocenters. The summed E-state index contributed by atoms with van der Waals surface area (Å²) in [5.41, 5.74) is 0.740. The van der Waals surface area contributed by atoms with E-state index >= 15 is 0 Å². The Kier molecular flexibility index (Phi) is 4.96. The molecule has 0 unspecified atom stereocenters. The number of benzene rings is 2. The largest absolute Gasteiger partial charge is 0.495 e. The summed E-state index contributed by atoms with van der Waals surface area (Å²) < 4.78 is 7.85. The van der Waals surface area contributed by atoms with Crippen molar-refractivity contribution in [1.29, 1.82) is 0 Å². The molecule has 1 aliphatic heterocycles. The van der Waals surface area contributed by atoms with Gasteiger partial charge in [-0.3, -0.25) is 14.2 Å². The topological polar surface area (TPSA) is 73.5 Å². The third kappa shape index (κ3) is 3.33. The lowest BCUT2D eigenvalue weighted by Crippen LogP contribution is -2.42. The first-order chi connectivity index (χ1) is 14.0. The lowest BCUT2D eigenvalue weighted by atomic mass is 10.1. The molecule has 3 aromatic rings. The first-order valence-corrected chi connectivity index (χ1v) is 9.68. The van der Waals surface area contributed by atoms with E-state index in [0.717, 1.165) is 23.0 Å². The molecule has 29 heavy (non-hydrogen) atoms. The Morgan fingerprint density at radius 2 is 1.79 bits per heavy atom. The second-order valence-corrected chi connectivity index (χ2v) is 7.29. The number of rotatable bonds is 4. The number of fused-ring (bicyclic) bond motifs is 1. The fraction of sp³-hybridized carbons (Fsp3) is 0.318. The van der Waals surface area contributed by atoms with Gasteiger partial charge in [0.1, 0.15) is 12.3 Å². The normalized spacial score (nSPS) is 13.8. The predicted octanol–water partition coefficient (Wildman–Crippen LogP) is 2.09. The van der Waals surface area contributed by atoms with Crippen LogP contribution in [0, 0.1) is 6.92 Å². The van der Waals surface area contributed by atoms with Gasteiger partial charge in [-0.2, -0.15) is 0 Å². The number of hydrogen-bond donors (Lipinski definition) is 0. The minimum atomic E-state index is -0.552. The molecule has 7 nitrogen and oxygen atoms in total. The molecule has 4 rings (SSSR count). The minimum Gasteiger partial charge on any atom is -0.495 e. The Labute approximate surface area is 167 Å². The van der Waals surface area contributed by atoms with Crippen molar-refractivity contribution in [2.75, 3.05) is 20.2 Å². The van der Waals surface area contributed by atoms with Crippen molar-refractivity contribution in [3.8, 4) is 11.4 Å². The summed E-state index contributed by atoms with van der Waals surface area (Å²) in [5, 5.41) is 0.393. The number of likely N-dealkylation sites (tertiary alicyclic amines) is 1. The average molecular weight is 393 g/mol. The van der Waals surface area contributed by atoms with Crippen molar-refractivity contribution in [3.05, 3.63) is 68.9 Å². The van der Waals surface area contributed by atoms with Crippen molar-refractivity contribution in [1.82, 2.24) is 14.0 Å². The summed E-state index contributed by atoms with van der Waals surface area (Å²) in [7, 11) is 1.49. The highest BCUT2D eigenvalue weighted by Gasteiger charge is 2.22. The van der Waals surface area contributed by atoms with E-state index in [0.29, 0.717) is 35.4 Å². The number of nitrogens with zero attached hydrogens (tertiary/aromatic N) is 3. The molecule has 2 aromatic carbocycles. The highest BCUT2D eigenvalue weighted by Crippen LogP contribution is 2.21. The Bertz CT molecular complexity index is 1200. The first kappa shape index (κ1) is 19.0. The Balaban J connectivity index is 1.98. The maximum atomic E-state index is 13.4. The van der Waals surface area contributed by atoms with E-state index in [-0.39, 0.29) is 12.5 Å². The van der Waals surface area contributed by atoms with Crippen LogP contribution in [0.2, 0.25) is 0 Å². The SMILES string of the molecule is COc1ccccc1-n1c(=O)c2cc(C)ccc2n(CC(=O)N2CCCC2)c1=O. The fourth-order valence-electron chi connectivity index (χ4n) is 3.87. The average Bonchev–Trinajstić information content (AvgIpc) is 3.27. The van der Waals surface area contributed by atoms with E-state index in [9.17, 15) is 14.4 Å². The molecule has 0 N–H and O–H groups in total. The molecule has 1 amide bonds. The number of amides is 1. The molecule has 0 bridgehead atoms. The number of ether oxygens (including phenoxy) is 1. The molecular weight excluding hydrogens is 370 g/mol. The van der Waals surface area contributed by atoms with Crippen LogP contribution in [0.3, 0.4) is 0 Å². The first-order valence-electron chi connectivity index (χ1n) is 9.68. The Hall–Kier alpha value is -3.35. The van der Waals surface area contributed by atoms with E-state index in [2.05, 4.69) is 0 Å². The van der Waals surface area contributed by atoms with Crippen molar-refractivity contribution >= 4 is 16.8 Å². The van der Waals surface area contributed by atoms with Crippen LogP contribution in [0.5, 0.6) is 5.75 Å². The third-order valence-corrected chi connectivity index (χ3v) is 5.38. The van der Waals surface area contributed by atoms with Gasteiger partial charge in [-0.05, 0) is 44.0 Å². The maximum Gasteiger partial charge on any atom is 0.336 e. The maximum absolute atomic E-state index is 13.4. The summed E-state index contributed by atoms with van der Waals surface area (Å²) in [4.78, 5) is 41.2. The van der Waals surface area contributed by atoms with Crippen LogP contribution in [0.4, 0.5) is 0 Å². The van der Waals surface area contributed by atoms with Gasteiger partial charge in [0.15, 0.2) is 0 Å². The van der Waals surface area contributed by atoms with Gasteiger partial charge < -0.3 is 9.64 Å². The highest BCUT2D eigenvalue weighted by molar-refractivity contribution is 5.82. The number of hydrogen-bond acceptors (Lipinski definition) is 4. The van der Waals surface area contributed by atoms with Gasteiger partial charge in [0.05, 0.1) is 23.7 Å². The molecule has 1 saturated heterocycles. The minimum absolute atomic E-state index is 0.103. The smallest absolute Gasteiger partial charge is 0.336 e.